The molecule has 7 nitrogen and oxygen atoms in total. The number of hydrogen-bond donors (Lipinski definition) is 2. The van der Waals surface area contributed by atoms with Gasteiger partial charge in [0.25, 0.3) is 5.91 Å². The maximum Gasteiger partial charge on any atom is 0.308 e. The third kappa shape index (κ3) is 5.40. The molecule has 0 radical (unpaired) electrons. The molecule has 1 aromatic carbocycles. The van der Waals surface area contributed by atoms with E-state index < -0.39 is 17.9 Å². The third-order valence-electron chi connectivity index (χ3n) is 3.65. The van der Waals surface area contributed by atoms with Gasteiger partial charge in [0.1, 0.15) is 6.04 Å². The summed E-state index contributed by atoms with van der Waals surface area (Å²) >= 11 is 11.1. The van der Waals surface area contributed by atoms with Crippen molar-refractivity contribution in [2.24, 2.45) is 0 Å². The first-order chi connectivity index (χ1) is 12.3. The molecule has 2 amide bonds. The first-order valence-corrected chi connectivity index (χ1v) is 8.91. The lowest BCUT2D eigenvalue weighted by molar-refractivity contribution is -0.150. The summed E-state index contributed by atoms with van der Waals surface area (Å²) < 4.78 is 5.10. The Bertz CT molecular complexity index is 708. The lowest BCUT2D eigenvalue weighted by atomic mass is 10.1. The lowest BCUT2D eigenvalue weighted by Gasteiger charge is -2.36. The quantitative estimate of drug-likeness (QED) is 0.591. The van der Waals surface area contributed by atoms with E-state index in [1.807, 2.05) is 0 Å². The van der Waals surface area contributed by atoms with Crippen molar-refractivity contribution in [2.75, 3.05) is 13.1 Å². The van der Waals surface area contributed by atoms with Crippen LogP contribution in [0.2, 0.25) is 5.02 Å². The fourth-order valence-corrected chi connectivity index (χ4v) is 2.91. The Morgan fingerprint density at radius 3 is 2.65 bits per heavy atom. The van der Waals surface area contributed by atoms with Gasteiger partial charge in [0, 0.05) is 23.7 Å². The van der Waals surface area contributed by atoms with Gasteiger partial charge in [0.15, 0.2) is 5.11 Å². The van der Waals surface area contributed by atoms with Crippen molar-refractivity contribution in [3.05, 3.63) is 34.9 Å². The maximum absolute atomic E-state index is 12.3. The molecule has 140 valence electrons. The molecule has 26 heavy (non-hydrogen) atoms. The van der Waals surface area contributed by atoms with E-state index in [4.69, 9.17) is 28.6 Å². The molecular formula is C17H20ClN3O4S. The summed E-state index contributed by atoms with van der Waals surface area (Å²) in [5.41, 5.74) is 0.383. The van der Waals surface area contributed by atoms with Crippen molar-refractivity contribution in [2.45, 2.75) is 32.4 Å². The van der Waals surface area contributed by atoms with Gasteiger partial charge in [-0.3, -0.25) is 19.7 Å². The number of piperazine rings is 1. The maximum atomic E-state index is 12.3. The highest BCUT2D eigenvalue weighted by atomic mass is 35.5. The molecular weight excluding hydrogens is 378 g/mol. The van der Waals surface area contributed by atoms with E-state index >= 15 is 0 Å². The number of ether oxygens (including phenoxy) is 1. The molecule has 1 heterocycles. The van der Waals surface area contributed by atoms with Gasteiger partial charge in [0.05, 0.1) is 12.5 Å². The predicted octanol–water partition coefficient (Wildman–Crippen LogP) is 1.50. The van der Waals surface area contributed by atoms with Gasteiger partial charge in [-0.15, -0.1) is 0 Å². The van der Waals surface area contributed by atoms with Crippen LogP contribution in [0.4, 0.5) is 0 Å². The zero-order chi connectivity index (χ0) is 19.3. The molecule has 0 unspecified atom stereocenters. The fourth-order valence-electron chi connectivity index (χ4n) is 2.47. The molecule has 0 saturated carbocycles. The summed E-state index contributed by atoms with van der Waals surface area (Å²) in [6, 6.07) is 5.51. The Kier molecular flexibility index (Phi) is 6.93. The van der Waals surface area contributed by atoms with E-state index in [0.717, 1.165) is 0 Å². The zero-order valence-electron chi connectivity index (χ0n) is 14.5. The average molecular weight is 398 g/mol. The molecule has 1 aliphatic rings. The first kappa shape index (κ1) is 20.1. The highest BCUT2D eigenvalue weighted by Crippen LogP contribution is 2.13. The van der Waals surface area contributed by atoms with Crippen LogP contribution < -0.4 is 10.6 Å². The topological polar surface area (TPSA) is 87.7 Å². The van der Waals surface area contributed by atoms with E-state index in [1.165, 1.54) is 4.90 Å². The number of nitrogens with one attached hydrogen (secondary N) is 2. The number of benzene rings is 1. The molecule has 1 aliphatic heterocycles. The van der Waals surface area contributed by atoms with E-state index in [1.54, 1.807) is 38.1 Å². The second-order valence-electron chi connectivity index (χ2n) is 6.01. The van der Waals surface area contributed by atoms with Gasteiger partial charge in [-0.1, -0.05) is 11.6 Å². The van der Waals surface area contributed by atoms with Gasteiger partial charge in [-0.05, 0) is 50.3 Å². The average Bonchev–Trinajstić information content (AvgIpc) is 2.56. The molecule has 0 aliphatic carbocycles. The molecule has 1 atom stereocenters. The monoisotopic (exact) mass is 397 g/mol. The standard InChI is InChI=1S/C17H20ClN3O4S/c1-10(2)25-14(22)9-13-16(24)19-7-8-21(13)17(26)20-15(23)11-3-5-12(18)6-4-11/h3-6,10,13H,7-9H2,1-2H3,(H,19,24)(H,20,23,26)/t13-/m0/s1. The number of esters is 1. The predicted molar refractivity (Wildman–Crippen MR) is 101 cm³/mol. The SMILES string of the molecule is CC(C)OC(=O)C[C@H]1C(=O)NCCN1C(=S)NC(=O)c1ccc(Cl)cc1. The first-order valence-electron chi connectivity index (χ1n) is 8.12. The molecule has 0 aromatic heterocycles. The minimum Gasteiger partial charge on any atom is -0.463 e. The van der Waals surface area contributed by atoms with Gasteiger partial charge < -0.3 is 15.0 Å². The van der Waals surface area contributed by atoms with Crippen molar-refractivity contribution in [1.29, 1.82) is 0 Å². The normalized spacial score (nSPS) is 16.8. The van der Waals surface area contributed by atoms with Gasteiger partial charge in [0.2, 0.25) is 5.91 Å². The highest BCUT2D eigenvalue weighted by molar-refractivity contribution is 7.80. The van der Waals surface area contributed by atoms with Crippen molar-refractivity contribution in [1.82, 2.24) is 15.5 Å². The number of amides is 2. The van der Waals surface area contributed by atoms with Crippen LogP contribution in [0.3, 0.4) is 0 Å². The van der Waals surface area contributed by atoms with E-state index in [9.17, 15) is 14.4 Å². The molecule has 1 saturated heterocycles. The number of thiocarbonyl (C=S) groups is 1. The highest BCUT2D eigenvalue weighted by Gasteiger charge is 2.34. The van der Waals surface area contributed by atoms with Gasteiger partial charge >= 0.3 is 5.97 Å². The van der Waals surface area contributed by atoms with Crippen LogP contribution in [0.5, 0.6) is 0 Å². The largest absolute Gasteiger partial charge is 0.463 e. The number of carbonyl (C=O) groups is 3. The molecule has 2 N–H and O–H groups in total. The van der Waals surface area contributed by atoms with Crippen LogP contribution in [0.1, 0.15) is 30.6 Å². The summed E-state index contributed by atoms with van der Waals surface area (Å²) in [5, 5.41) is 5.88. The molecule has 0 spiro atoms. The Hall–Kier alpha value is -2.19. The third-order valence-corrected chi connectivity index (χ3v) is 4.23. The second-order valence-corrected chi connectivity index (χ2v) is 6.83. The van der Waals surface area contributed by atoms with E-state index in [2.05, 4.69) is 10.6 Å². The minimum atomic E-state index is -0.826. The smallest absolute Gasteiger partial charge is 0.308 e. The number of rotatable bonds is 4. The second kappa shape index (κ2) is 8.95. The van der Waals surface area contributed by atoms with Crippen LogP contribution in [0, 0.1) is 0 Å². The molecule has 1 fully saturated rings. The number of halogens is 1. The Morgan fingerprint density at radius 2 is 2.04 bits per heavy atom. The number of carbonyl (C=O) groups excluding carboxylic acids is 3. The molecule has 2 rings (SSSR count). The Labute approximate surface area is 162 Å². The van der Waals surface area contributed by atoms with Crippen molar-refractivity contribution >= 4 is 46.7 Å². The number of hydrogen-bond acceptors (Lipinski definition) is 5. The summed E-state index contributed by atoms with van der Waals surface area (Å²) in [6.07, 6.45) is -0.430. The fraction of sp³-hybridized carbons (Fsp3) is 0.412. The summed E-state index contributed by atoms with van der Waals surface area (Å²) in [7, 11) is 0. The van der Waals surface area contributed by atoms with Gasteiger partial charge in [-0.2, -0.15) is 0 Å². The van der Waals surface area contributed by atoms with Crippen molar-refractivity contribution in [3.63, 3.8) is 0 Å². The summed E-state index contributed by atoms with van der Waals surface area (Å²) in [5.74, 6) is -1.25. The van der Waals surface area contributed by atoms with Gasteiger partial charge in [-0.25, -0.2) is 0 Å². The molecule has 1 aromatic rings. The summed E-state index contributed by atoms with van der Waals surface area (Å²) in [6.45, 7) is 4.21. The lowest BCUT2D eigenvalue weighted by Crippen LogP contribution is -2.60. The van der Waals surface area contributed by atoms with Crippen molar-refractivity contribution < 1.29 is 19.1 Å². The number of nitrogens with zero attached hydrogens (tertiary/aromatic N) is 1. The Balaban J connectivity index is 2.06. The molecule has 0 bridgehead atoms. The van der Waals surface area contributed by atoms with Crippen LogP contribution in [-0.2, 0) is 14.3 Å². The van der Waals surface area contributed by atoms with Crippen LogP contribution in [0.15, 0.2) is 24.3 Å². The zero-order valence-corrected chi connectivity index (χ0v) is 16.0. The van der Waals surface area contributed by atoms with Crippen LogP contribution in [-0.4, -0.2) is 53.0 Å². The van der Waals surface area contributed by atoms with Crippen molar-refractivity contribution in [3.8, 4) is 0 Å². The molecule has 9 heteroatoms. The Morgan fingerprint density at radius 1 is 1.38 bits per heavy atom. The minimum absolute atomic E-state index is 0.0853. The summed E-state index contributed by atoms with van der Waals surface area (Å²) in [4.78, 5) is 38.0. The van der Waals surface area contributed by atoms with Crippen LogP contribution in [0.25, 0.3) is 0 Å². The van der Waals surface area contributed by atoms with E-state index in [0.29, 0.717) is 23.7 Å². The van der Waals surface area contributed by atoms with E-state index in [-0.39, 0.29) is 23.5 Å². The van der Waals surface area contributed by atoms with Crippen LogP contribution >= 0.6 is 23.8 Å².